The molecule has 3 heterocycles. The van der Waals surface area contributed by atoms with Crippen LogP contribution in [-0.4, -0.2) is 38.7 Å². The molecule has 3 rings (SSSR count). The zero-order chi connectivity index (χ0) is 17.8. The molecule has 128 valence electrons. The predicted octanol–water partition coefficient (Wildman–Crippen LogP) is 1.88. The molecule has 0 aliphatic rings. The van der Waals surface area contributed by atoms with Crippen LogP contribution in [-0.2, 0) is 4.79 Å². The van der Waals surface area contributed by atoms with Crippen molar-refractivity contribution >= 4 is 23.0 Å². The minimum absolute atomic E-state index is 0.193. The number of ether oxygens (including phenoxy) is 1. The van der Waals surface area contributed by atoms with E-state index in [0.717, 1.165) is 27.7 Å². The van der Waals surface area contributed by atoms with Crippen molar-refractivity contribution in [1.82, 2.24) is 15.0 Å². The van der Waals surface area contributed by atoms with Gasteiger partial charge in [-0.25, -0.2) is 9.97 Å². The van der Waals surface area contributed by atoms with Gasteiger partial charge in [-0.1, -0.05) is 0 Å². The first kappa shape index (κ1) is 16.7. The maximum Gasteiger partial charge on any atom is 0.241 e. The molecule has 0 fully saturated rings. The number of fused-ring (bicyclic) bond motifs is 1. The molecule has 0 aliphatic heterocycles. The van der Waals surface area contributed by atoms with E-state index in [1.165, 1.54) is 6.08 Å². The van der Waals surface area contributed by atoms with Gasteiger partial charge in [-0.15, -0.1) is 0 Å². The minimum Gasteiger partial charge on any atom is -0.475 e. The van der Waals surface area contributed by atoms with Gasteiger partial charge >= 0.3 is 0 Å². The van der Waals surface area contributed by atoms with Crippen LogP contribution >= 0.6 is 0 Å². The van der Waals surface area contributed by atoms with Gasteiger partial charge in [0.2, 0.25) is 11.8 Å². The highest BCUT2D eigenvalue weighted by Crippen LogP contribution is 2.25. The van der Waals surface area contributed by atoms with E-state index in [0.29, 0.717) is 5.88 Å². The van der Waals surface area contributed by atoms with Crippen molar-refractivity contribution in [1.29, 1.82) is 0 Å². The lowest BCUT2D eigenvalue weighted by Gasteiger charge is -2.08. The van der Waals surface area contributed by atoms with E-state index >= 15 is 0 Å². The second kappa shape index (κ2) is 7.14. The molecule has 0 saturated heterocycles. The normalized spacial score (nSPS) is 12.6. The lowest BCUT2D eigenvalue weighted by Crippen LogP contribution is -2.13. The van der Waals surface area contributed by atoms with Crippen molar-refractivity contribution in [2.75, 3.05) is 6.61 Å². The summed E-state index contributed by atoms with van der Waals surface area (Å²) in [4.78, 5) is 22.6. The van der Waals surface area contributed by atoms with Crippen LogP contribution in [0.15, 0.2) is 42.9 Å². The van der Waals surface area contributed by atoms with Gasteiger partial charge in [-0.2, -0.15) is 0 Å². The Labute approximate surface area is 144 Å². The maximum absolute atomic E-state index is 10.9. The number of aliphatic hydroxyl groups is 1. The second-order valence-electron chi connectivity index (χ2n) is 5.65. The lowest BCUT2D eigenvalue weighted by atomic mass is 10.1. The van der Waals surface area contributed by atoms with E-state index in [1.807, 2.05) is 12.1 Å². The number of carbonyl (C=O) groups is 1. The van der Waals surface area contributed by atoms with Gasteiger partial charge in [0.1, 0.15) is 12.3 Å². The van der Waals surface area contributed by atoms with E-state index < -0.39 is 12.0 Å². The molecule has 0 bridgehead atoms. The van der Waals surface area contributed by atoms with Crippen molar-refractivity contribution in [3.05, 3.63) is 48.4 Å². The SMILES string of the molecule is C[C@H](O)COc1ccc(-c2cnc3[nH]cc(/C=C/C(N)=O)c3c2)cn1. The fourth-order valence-corrected chi connectivity index (χ4v) is 2.33. The summed E-state index contributed by atoms with van der Waals surface area (Å²) in [5.41, 5.74) is 8.46. The Balaban J connectivity index is 1.88. The number of nitrogens with two attached hydrogens (primary N) is 1. The molecule has 1 amide bonds. The molecule has 0 aromatic carbocycles. The van der Waals surface area contributed by atoms with E-state index in [4.69, 9.17) is 10.5 Å². The molecule has 7 heteroatoms. The standard InChI is InChI=1S/C18H18N4O3/c1-11(23)10-25-17-5-3-12(7-20-17)14-6-15-13(2-4-16(19)24)8-21-18(15)22-9-14/h2-9,11,23H,10H2,1H3,(H2,19,24)(H,21,22)/b4-2+/t11-/m0/s1. The highest BCUT2D eigenvalue weighted by atomic mass is 16.5. The summed E-state index contributed by atoms with van der Waals surface area (Å²) in [5, 5.41) is 10.1. The molecule has 3 aromatic heterocycles. The second-order valence-corrected chi connectivity index (χ2v) is 5.65. The third-order valence-corrected chi connectivity index (χ3v) is 3.53. The van der Waals surface area contributed by atoms with Crippen LogP contribution in [0.5, 0.6) is 5.88 Å². The molecule has 0 aliphatic carbocycles. The van der Waals surface area contributed by atoms with E-state index in [2.05, 4.69) is 15.0 Å². The van der Waals surface area contributed by atoms with E-state index in [1.54, 1.807) is 37.7 Å². The smallest absolute Gasteiger partial charge is 0.241 e. The van der Waals surface area contributed by atoms with Gasteiger partial charge in [0.15, 0.2) is 0 Å². The average Bonchev–Trinajstić information content (AvgIpc) is 3.01. The number of H-pyrrole nitrogens is 1. The van der Waals surface area contributed by atoms with E-state index in [-0.39, 0.29) is 6.61 Å². The van der Waals surface area contributed by atoms with Crippen LogP contribution in [0.1, 0.15) is 12.5 Å². The summed E-state index contributed by atoms with van der Waals surface area (Å²) < 4.78 is 5.35. The molecule has 0 spiro atoms. The number of primary amides is 1. The van der Waals surface area contributed by atoms with Gasteiger partial charge in [-0.05, 0) is 25.1 Å². The Morgan fingerprint density at radius 1 is 1.36 bits per heavy atom. The number of pyridine rings is 2. The molecule has 7 nitrogen and oxygen atoms in total. The third kappa shape index (κ3) is 4.02. The Kier molecular flexibility index (Phi) is 4.76. The highest BCUT2D eigenvalue weighted by molar-refractivity contribution is 5.95. The largest absolute Gasteiger partial charge is 0.475 e. The first-order valence-electron chi connectivity index (χ1n) is 7.75. The monoisotopic (exact) mass is 338 g/mol. The van der Waals surface area contributed by atoms with Crippen LogP contribution in [0.4, 0.5) is 0 Å². The number of aromatic amines is 1. The van der Waals surface area contributed by atoms with Gasteiger partial charge < -0.3 is 20.6 Å². The van der Waals surface area contributed by atoms with Crippen molar-refractivity contribution in [3.63, 3.8) is 0 Å². The number of hydrogen-bond donors (Lipinski definition) is 3. The summed E-state index contributed by atoms with van der Waals surface area (Å²) in [7, 11) is 0. The van der Waals surface area contributed by atoms with Gasteiger partial charge in [0.25, 0.3) is 0 Å². The zero-order valence-electron chi connectivity index (χ0n) is 13.6. The van der Waals surface area contributed by atoms with Crippen molar-refractivity contribution in [2.24, 2.45) is 5.73 Å². The number of rotatable bonds is 6. The van der Waals surface area contributed by atoms with Crippen LogP contribution < -0.4 is 10.5 Å². The molecule has 25 heavy (non-hydrogen) atoms. The van der Waals surface area contributed by atoms with Crippen LogP contribution in [0.2, 0.25) is 0 Å². The first-order valence-corrected chi connectivity index (χ1v) is 7.75. The quantitative estimate of drug-likeness (QED) is 0.594. The number of aromatic nitrogens is 3. The number of nitrogens with zero attached hydrogens (tertiary/aromatic N) is 2. The molecule has 0 radical (unpaired) electrons. The zero-order valence-corrected chi connectivity index (χ0v) is 13.6. The highest BCUT2D eigenvalue weighted by Gasteiger charge is 2.07. The van der Waals surface area contributed by atoms with Crippen molar-refractivity contribution in [2.45, 2.75) is 13.0 Å². The van der Waals surface area contributed by atoms with Gasteiger partial charge in [0.05, 0.1) is 6.10 Å². The van der Waals surface area contributed by atoms with Crippen LogP contribution in [0.25, 0.3) is 28.2 Å². The molecule has 0 unspecified atom stereocenters. The maximum atomic E-state index is 10.9. The number of amides is 1. The number of hydrogen-bond acceptors (Lipinski definition) is 5. The Morgan fingerprint density at radius 3 is 2.84 bits per heavy atom. The molecule has 4 N–H and O–H groups in total. The molecule has 1 atom stereocenters. The number of aliphatic hydroxyl groups excluding tert-OH is 1. The van der Waals surface area contributed by atoms with Gasteiger partial charge in [0, 0.05) is 52.8 Å². The summed E-state index contributed by atoms with van der Waals surface area (Å²) in [6.45, 7) is 1.84. The average molecular weight is 338 g/mol. The summed E-state index contributed by atoms with van der Waals surface area (Å²) >= 11 is 0. The molecular formula is C18H18N4O3. The fourth-order valence-electron chi connectivity index (χ4n) is 2.33. The predicted molar refractivity (Wildman–Crippen MR) is 94.7 cm³/mol. The lowest BCUT2D eigenvalue weighted by molar-refractivity contribution is -0.113. The fraction of sp³-hybridized carbons (Fsp3) is 0.167. The number of carbonyl (C=O) groups excluding carboxylic acids is 1. The minimum atomic E-state index is -0.548. The Hall–Kier alpha value is -3.19. The Morgan fingerprint density at radius 2 is 2.16 bits per heavy atom. The summed E-state index contributed by atoms with van der Waals surface area (Å²) in [6, 6.07) is 5.58. The third-order valence-electron chi connectivity index (χ3n) is 3.53. The summed E-state index contributed by atoms with van der Waals surface area (Å²) in [6.07, 6.45) is 7.61. The molecule has 0 saturated carbocycles. The number of nitrogens with one attached hydrogen (secondary N) is 1. The molecular weight excluding hydrogens is 320 g/mol. The Bertz CT molecular complexity index is 914. The van der Waals surface area contributed by atoms with E-state index in [9.17, 15) is 9.90 Å². The van der Waals surface area contributed by atoms with Crippen molar-refractivity contribution in [3.8, 4) is 17.0 Å². The topological polar surface area (TPSA) is 114 Å². The molecule has 3 aromatic rings. The van der Waals surface area contributed by atoms with Crippen LogP contribution in [0, 0.1) is 0 Å². The van der Waals surface area contributed by atoms with Gasteiger partial charge in [-0.3, -0.25) is 4.79 Å². The first-order chi connectivity index (χ1) is 12.0. The van der Waals surface area contributed by atoms with Crippen molar-refractivity contribution < 1.29 is 14.6 Å². The van der Waals surface area contributed by atoms with Crippen LogP contribution in [0.3, 0.4) is 0 Å². The summed E-state index contributed by atoms with van der Waals surface area (Å²) in [5.74, 6) is -0.0548.